The van der Waals surface area contributed by atoms with Gasteiger partial charge in [-0.05, 0) is 13.8 Å². The zero-order valence-electron chi connectivity index (χ0n) is 7.52. The van der Waals surface area contributed by atoms with Crippen molar-refractivity contribution in [1.29, 1.82) is 0 Å². The molecule has 1 aromatic rings. The third-order valence-electron chi connectivity index (χ3n) is 1.73. The zero-order chi connectivity index (χ0) is 10.0. The lowest BCUT2D eigenvalue weighted by Crippen LogP contribution is -2.42. The molecule has 5 nitrogen and oxygen atoms in total. The zero-order valence-corrected chi connectivity index (χ0v) is 8.41. The van der Waals surface area contributed by atoms with Gasteiger partial charge >= 0.3 is 11.1 Å². The summed E-state index contributed by atoms with van der Waals surface area (Å²) in [6, 6.07) is 0. The van der Waals surface area contributed by atoms with Gasteiger partial charge in [0.25, 0.3) is 0 Å². The molecule has 0 spiro atoms. The molecule has 1 aromatic heterocycles. The summed E-state index contributed by atoms with van der Waals surface area (Å²) in [6.07, 6.45) is 0. The van der Waals surface area contributed by atoms with Crippen molar-refractivity contribution in [2.75, 3.05) is 0 Å². The summed E-state index contributed by atoms with van der Waals surface area (Å²) in [6.45, 7) is 4.30. The third kappa shape index (κ3) is 1.67. The maximum absolute atomic E-state index is 11.3. The predicted octanol–water partition coefficient (Wildman–Crippen LogP) is -0.266. The second-order valence-corrected chi connectivity index (χ2v) is 2.87. The van der Waals surface area contributed by atoms with E-state index in [9.17, 15) is 9.59 Å². The highest BCUT2D eigenvalue weighted by atomic mass is 32.1. The minimum Gasteiger partial charge on any atom is -0.282 e. The summed E-state index contributed by atoms with van der Waals surface area (Å²) < 4.78 is 2.34. The van der Waals surface area contributed by atoms with Crippen molar-refractivity contribution in [2.45, 2.75) is 32.1 Å². The summed E-state index contributed by atoms with van der Waals surface area (Å²) in [7, 11) is 0. The Labute approximate surface area is 80.4 Å². The van der Waals surface area contributed by atoms with E-state index >= 15 is 0 Å². The number of aryl methyl sites for hydroxylation is 1. The van der Waals surface area contributed by atoms with Crippen molar-refractivity contribution < 1.29 is 0 Å². The van der Waals surface area contributed by atoms with Gasteiger partial charge in [0.15, 0.2) is 5.16 Å². The molecule has 0 aliphatic carbocycles. The molecule has 0 saturated carbocycles. The second kappa shape index (κ2) is 3.78. The molecular formula is C7H11N3O2S. The predicted molar refractivity (Wildman–Crippen MR) is 51.4 cm³/mol. The molecule has 0 amide bonds. The van der Waals surface area contributed by atoms with Crippen LogP contribution in [0, 0.1) is 0 Å². The van der Waals surface area contributed by atoms with E-state index in [4.69, 9.17) is 0 Å². The van der Waals surface area contributed by atoms with Crippen molar-refractivity contribution in [3.63, 3.8) is 0 Å². The number of thiol groups is 1. The highest BCUT2D eigenvalue weighted by Crippen LogP contribution is 1.94. The molecule has 0 aliphatic rings. The molecular weight excluding hydrogens is 190 g/mol. The van der Waals surface area contributed by atoms with Crippen LogP contribution in [-0.4, -0.2) is 14.3 Å². The summed E-state index contributed by atoms with van der Waals surface area (Å²) >= 11 is 4.01. The SMILES string of the molecule is CCn1nc(S)n(CC)c(=O)c1=O. The molecule has 0 radical (unpaired) electrons. The third-order valence-corrected chi connectivity index (χ3v) is 2.06. The lowest BCUT2D eigenvalue weighted by molar-refractivity contribution is 0.492. The minimum atomic E-state index is -0.595. The van der Waals surface area contributed by atoms with E-state index < -0.39 is 11.1 Å². The largest absolute Gasteiger partial charge is 0.332 e. The summed E-state index contributed by atoms with van der Waals surface area (Å²) in [5.41, 5.74) is -1.16. The molecule has 1 rings (SSSR count). The van der Waals surface area contributed by atoms with Crippen LogP contribution in [0.4, 0.5) is 0 Å². The Morgan fingerprint density at radius 3 is 2.31 bits per heavy atom. The van der Waals surface area contributed by atoms with Gasteiger partial charge in [0.2, 0.25) is 0 Å². The Hall–Kier alpha value is -1.04. The van der Waals surface area contributed by atoms with E-state index in [1.54, 1.807) is 13.8 Å². The first-order valence-corrected chi connectivity index (χ1v) is 4.47. The van der Waals surface area contributed by atoms with Crippen LogP contribution in [-0.2, 0) is 13.1 Å². The molecule has 1 heterocycles. The Morgan fingerprint density at radius 2 is 1.85 bits per heavy atom. The minimum absolute atomic E-state index is 0.272. The maximum Gasteiger partial charge on any atom is 0.332 e. The van der Waals surface area contributed by atoms with Crippen LogP contribution < -0.4 is 11.1 Å². The van der Waals surface area contributed by atoms with Crippen LogP contribution in [0.1, 0.15) is 13.8 Å². The first-order chi connectivity index (χ1) is 6.11. The molecule has 0 fully saturated rings. The van der Waals surface area contributed by atoms with Crippen LogP contribution in [0.3, 0.4) is 0 Å². The number of rotatable bonds is 2. The van der Waals surface area contributed by atoms with Crippen LogP contribution in [0.2, 0.25) is 0 Å². The lowest BCUT2D eigenvalue weighted by atomic mass is 10.6. The number of aromatic nitrogens is 3. The summed E-state index contributed by atoms with van der Waals surface area (Å²) in [5.74, 6) is 0. The van der Waals surface area contributed by atoms with Gasteiger partial charge in [-0.15, -0.1) is 17.7 Å². The fraction of sp³-hybridized carbons (Fsp3) is 0.571. The molecule has 0 atom stereocenters. The molecule has 0 bridgehead atoms. The highest BCUT2D eigenvalue weighted by molar-refractivity contribution is 7.80. The molecule has 0 aliphatic heterocycles. The summed E-state index contributed by atoms with van der Waals surface area (Å²) in [5, 5.41) is 4.13. The number of nitrogens with zero attached hydrogens (tertiary/aromatic N) is 3. The summed E-state index contributed by atoms with van der Waals surface area (Å²) in [4.78, 5) is 22.6. The van der Waals surface area contributed by atoms with Crippen molar-refractivity contribution in [2.24, 2.45) is 0 Å². The van der Waals surface area contributed by atoms with Gasteiger partial charge < -0.3 is 0 Å². The van der Waals surface area contributed by atoms with Crippen LogP contribution >= 0.6 is 12.6 Å². The van der Waals surface area contributed by atoms with Gasteiger partial charge in [-0.2, -0.15) is 0 Å². The van der Waals surface area contributed by atoms with Gasteiger partial charge in [0.1, 0.15) is 0 Å². The van der Waals surface area contributed by atoms with Crippen molar-refractivity contribution in [1.82, 2.24) is 14.3 Å². The average molecular weight is 201 g/mol. The molecule has 13 heavy (non-hydrogen) atoms. The fourth-order valence-electron chi connectivity index (χ4n) is 1.02. The highest BCUT2D eigenvalue weighted by Gasteiger charge is 2.07. The standard InChI is InChI=1S/C7H11N3O2S/c1-3-9-5(11)6(12)10(4-2)8-7(9)13/h3-4H2,1-2H3,(H,8,13). The van der Waals surface area contributed by atoms with Crippen molar-refractivity contribution in [3.8, 4) is 0 Å². The van der Waals surface area contributed by atoms with Gasteiger partial charge in [-0.1, -0.05) is 0 Å². The van der Waals surface area contributed by atoms with Crippen LogP contribution in [0.5, 0.6) is 0 Å². The van der Waals surface area contributed by atoms with Gasteiger partial charge in [-0.3, -0.25) is 14.2 Å². The Kier molecular flexibility index (Phi) is 2.92. The van der Waals surface area contributed by atoms with E-state index in [2.05, 4.69) is 17.7 Å². The van der Waals surface area contributed by atoms with Crippen LogP contribution in [0.15, 0.2) is 14.7 Å². The van der Waals surface area contributed by atoms with Gasteiger partial charge in [0, 0.05) is 13.1 Å². The van der Waals surface area contributed by atoms with E-state index in [1.165, 1.54) is 4.57 Å². The van der Waals surface area contributed by atoms with E-state index in [1.807, 2.05) is 0 Å². The van der Waals surface area contributed by atoms with E-state index in [0.717, 1.165) is 4.68 Å². The van der Waals surface area contributed by atoms with E-state index in [-0.39, 0.29) is 5.16 Å². The Balaban J connectivity index is 3.56. The molecule has 0 aromatic carbocycles. The monoisotopic (exact) mass is 201 g/mol. The van der Waals surface area contributed by atoms with Gasteiger partial charge in [-0.25, -0.2) is 4.68 Å². The fourth-order valence-corrected chi connectivity index (χ4v) is 1.36. The lowest BCUT2D eigenvalue weighted by Gasteiger charge is -2.06. The van der Waals surface area contributed by atoms with Crippen molar-refractivity contribution in [3.05, 3.63) is 20.7 Å². The molecule has 0 saturated heterocycles. The average Bonchev–Trinajstić information content (AvgIpc) is 2.12. The van der Waals surface area contributed by atoms with E-state index in [0.29, 0.717) is 13.1 Å². The molecule has 72 valence electrons. The van der Waals surface area contributed by atoms with Crippen LogP contribution in [0.25, 0.3) is 0 Å². The smallest absolute Gasteiger partial charge is 0.282 e. The normalized spacial score (nSPS) is 10.4. The number of hydrogen-bond donors (Lipinski definition) is 1. The molecule has 0 N–H and O–H groups in total. The molecule has 6 heteroatoms. The molecule has 0 unspecified atom stereocenters. The topological polar surface area (TPSA) is 56.9 Å². The Bertz CT molecular complexity index is 421. The van der Waals surface area contributed by atoms with Crippen molar-refractivity contribution >= 4 is 12.6 Å². The maximum atomic E-state index is 11.3. The Morgan fingerprint density at radius 1 is 1.23 bits per heavy atom. The number of hydrogen-bond acceptors (Lipinski definition) is 4. The second-order valence-electron chi connectivity index (χ2n) is 2.47. The first-order valence-electron chi connectivity index (χ1n) is 4.02. The quantitative estimate of drug-likeness (QED) is 0.529. The first kappa shape index (κ1) is 10.0. The van der Waals surface area contributed by atoms with Gasteiger partial charge in [0.05, 0.1) is 0 Å².